The highest BCUT2D eigenvalue weighted by molar-refractivity contribution is 5.90. The quantitative estimate of drug-likeness (QED) is 0.819. The van der Waals surface area contributed by atoms with Crippen molar-refractivity contribution in [2.75, 3.05) is 20.2 Å². The standard InChI is InChI=1S/C13H19NO4/c1-9(15)10-3-5-14(7-10)8-12-11(4-6-18-12)13(16)17-2/h4,6,9-10,15H,3,5,7-8H2,1-2H3. The third-order valence-corrected chi connectivity index (χ3v) is 3.51. The molecule has 1 N–H and O–H groups in total. The van der Waals surface area contributed by atoms with Gasteiger partial charge >= 0.3 is 5.97 Å². The number of methoxy groups -OCH3 is 1. The van der Waals surface area contributed by atoms with Gasteiger partial charge in [0.25, 0.3) is 0 Å². The fourth-order valence-corrected chi connectivity index (χ4v) is 2.36. The Balaban J connectivity index is 1.99. The Kier molecular flexibility index (Phi) is 4.04. The van der Waals surface area contributed by atoms with Gasteiger partial charge in [0.2, 0.25) is 0 Å². The number of aliphatic hydroxyl groups excluding tert-OH is 1. The summed E-state index contributed by atoms with van der Waals surface area (Å²) in [6, 6.07) is 1.63. The molecule has 1 saturated heterocycles. The molecule has 100 valence electrons. The van der Waals surface area contributed by atoms with Crippen LogP contribution in [-0.2, 0) is 11.3 Å². The van der Waals surface area contributed by atoms with Gasteiger partial charge in [-0.1, -0.05) is 0 Å². The van der Waals surface area contributed by atoms with E-state index in [1.807, 2.05) is 6.92 Å². The van der Waals surface area contributed by atoms with E-state index in [0.717, 1.165) is 19.5 Å². The molecule has 18 heavy (non-hydrogen) atoms. The zero-order chi connectivity index (χ0) is 13.1. The number of hydrogen-bond donors (Lipinski definition) is 1. The lowest BCUT2D eigenvalue weighted by molar-refractivity contribution is 0.0596. The van der Waals surface area contributed by atoms with Crippen molar-refractivity contribution in [3.05, 3.63) is 23.7 Å². The first-order valence-electron chi connectivity index (χ1n) is 6.17. The molecule has 1 aliphatic heterocycles. The Labute approximate surface area is 106 Å². The molecule has 0 aromatic carbocycles. The molecule has 1 aromatic heterocycles. The second kappa shape index (κ2) is 5.54. The van der Waals surface area contributed by atoms with Crippen LogP contribution in [-0.4, -0.2) is 42.3 Å². The fourth-order valence-electron chi connectivity index (χ4n) is 2.36. The summed E-state index contributed by atoms with van der Waals surface area (Å²) in [4.78, 5) is 13.7. The third-order valence-electron chi connectivity index (χ3n) is 3.51. The van der Waals surface area contributed by atoms with Gasteiger partial charge in [0, 0.05) is 6.54 Å². The zero-order valence-electron chi connectivity index (χ0n) is 10.8. The molecule has 0 bridgehead atoms. The molecule has 0 saturated carbocycles. The molecular formula is C13H19NO4. The summed E-state index contributed by atoms with van der Waals surface area (Å²) in [6.07, 6.45) is 2.20. The number of carbonyl (C=O) groups excluding carboxylic acids is 1. The van der Waals surface area contributed by atoms with E-state index in [1.54, 1.807) is 6.07 Å². The Morgan fingerprint density at radius 3 is 3.11 bits per heavy atom. The Morgan fingerprint density at radius 1 is 1.72 bits per heavy atom. The normalized spacial score (nSPS) is 22.1. The highest BCUT2D eigenvalue weighted by Crippen LogP contribution is 2.23. The minimum absolute atomic E-state index is 0.285. The summed E-state index contributed by atoms with van der Waals surface area (Å²) in [5.74, 6) is 0.569. The Bertz CT molecular complexity index is 413. The highest BCUT2D eigenvalue weighted by Gasteiger charge is 2.27. The minimum atomic E-state index is -0.370. The van der Waals surface area contributed by atoms with Crippen LogP contribution in [0, 0.1) is 5.92 Å². The maximum absolute atomic E-state index is 11.5. The van der Waals surface area contributed by atoms with Crippen LogP contribution < -0.4 is 0 Å². The second-order valence-corrected chi connectivity index (χ2v) is 4.77. The van der Waals surface area contributed by atoms with Crippen molar-refractivity contribution in [3.63, 3.8) is 0 Å². The van der Waals surface area contributed by atoms with Crippen molar-refractivity contribution in [1.29, 1.82) is 0 Å². The van der Waals surface area contributed by atoms with Crippen molar-refractivity contribution in [2.24, 2.45) is 5.92 Å². The predicted molar refractivity (Wildman–Crippen MR) is 65.1 cm³/mol. The van der Waals surface area contributed by atoms with Crippen LogP contribution in [0.2, 0.25) is 0 Å². The zero-order valence-corrected chi connectivity index (χ0v) is 10.8. The summed E-state index contributed by atoms with van der Waals surface area (Å²) < 4.78 is 10.0. The SMILES string of the molecule is COC(=O)c1ccoc1CN1CCC(C(C)O)C1. The number of likely N-dealkylation sites (tertiary alicyclic amines) is 1. The van der Waals surface area contributed by atoms with Crippen LogP contribution in [0.4, 0.5) is 0 Å². The number of furan rings is 1. The lowest BCUT2D eigenvalue weighted by atomic mass is 10.0. The number of aliphatic hydroxyl groups is 1. The summed E-state index contributed by atoms with van der Waals surface area (Å²) in [6.45, 7) is 4.15. The Morgan fingerprint density at radius 2 is 2.50 bits per heavy atom. The lowest BCUT2D eigenvalue weighted by Crippen LogP contribution is -2.24. The van der Waals surface area contributed by atoms with Crippen LogP contribution in [0.25, 0.3) is 0 Å². The largest absolute Gasteiger partial charge is 0.467 e. The molecule has 2 rings (SSSR count). The molecule has 2 heterocycles. The molecule has 5 heteroatoms. The van der Waals surface area contributed by atoms with Crippen molar-refractivity contribution < 1.29 is 19.1 Å². The first-order valence-corrected chi connectivity index (χ1v) is 6.17. The van der Waals surface area contributed by atoms with Gasteiger partial charge in [-0.15, -0.1) is 0 Å². The van der Waals surface area contributed by atoms with E-state index in [0.29, 0.717) is 23.8 Å². The van der Waals surface area contributed by atoms with Crippen molar-refractivity contribution in [3.8, 4) is 0 Å². The molecule has 2 atom stereocenters. The Hall–Kier alpha value is -1.33. The fraction of sp³-hybridized carbons (Fsp3) is 0.615. The van der Waals surface area contributed by atoms with Gasteiger partial charge in [0.1, 0.15) is 11.3 Å². The summed E-state index contributed by atoms with van der Waals surface area (Å²) in [5, 5.41) is 9.55. The van der Waals surface area contributed by atoms with Gasteiger partial charge in [0.05, 0.1) is 26.0 Å². The summed E-state index contributed by atoms with van der Waals surface area (Å²) >= 11 is 0. The van der Waals surface area contributed by atoms with Crippen LogP contribution in [0.3, 0.4) is 0 Å². The molecule has 2 unspecified atom stereocenters. The molecule has 1 fully saturated rings. The number of carbonyl (C=O) groups is 1. The highest BCUT2D eigenvalue weighted by atomic mass is 16.5. The van der Waals surface area contributed by atoms with Crippen LogP contribution in [0.5, 0.6) is 0 Å². The third kappa shape index (κ3) is 2.73. The number of nitrogens with zero attached hydrogens (tertiary/aromatic N) is 1. The van der Waals surface area contributed by atoms with Gasteiger partial charge in [-0.2, -0.15) is 0 Å². The summed E-state index contributed by atoms with van der Waals surface area (Å²) in [5.41, 5.74) is 0.484. The smallest absolute Gasteiger partial charge is 0.341 e. The van der Waals surface area contributed by atoms with E-state index >= 15 is 0 Å². The minimum Gasteiger partial charge on any atom is -0.467 e. The van der Waals surface area contributed by atoms with Crippen molar-refractivity contribution in [2.45, 2.75) is 26.0 Å². The van der Waals surface area contributed by atoms with E-state index in [4.69, 9.17) is 9.15 Å². The van der Waals surface area contributed by atoms with Crippen LogP contribution in [0.1, 0.15) is 29.5 Å². The molecule has 1 aliphatic rings. The van der Waals surface area contributed by atoms with Gasteiger partial charge in [-0.05, 0) is 31.9 Å². The summed E-state index contributed by atoms with van der Waals surface area (Å²) in [7, 11) is 1.36. The topological polar surface area (TPSA) is 62.9 Å². The first-order chi connectivity index (χ1) is 8.61. The van der Waals surface area contributed by atoms with Gasteiger partial charge in [-0.3, -0.25) is 4.90 Å². The van der Waals surface area contributed by atoms with Crippen molar-refractivity contribution >= 4 is 5.97 Å². The first kappa shape index (κ1) is 13.1. The average molecular weight is 253 g/mol. The molecule has 0 aliphatic carbocycles. The van der Waals surface area contributed by atoms with Crippen molar-refractivity contribution in [1.82, 2.24) is 4.90 Å². The molecule has 0 amide bonds. The van der Waals surface area contributed by atoms with Crippen LogP contribution in [0.15, 0.2) is 16.7 Å². The van der Waals surface area contributed by atoms with E-state index in [9.17, 15) is 9.90 Å². The van der Waals surface area contributed by atoms with E-state index in [2.05, 4.69) is 4.90 Å². The number of esters is 1. The molecule has 5 nitrogen and oxygen atoms in total. The lowest BCUT2D eigenvalue weighted by Gasteiger charge is -2.16. The molecule has 0 spiro atoms. The maximum Gasteiger partial charge on any atom is 0.341 e. The number of hydrogen-bond acceptors (Lipinski definition) is 5. The van der Waals surface area contributed by atoms with Gasteiger partial charge < -0.3 is 14.3 Å². The molecular weight excluding hydrogens is 234 g/mol. The number of rotatable bonds is 4. The van der Waals surface area contributed by atoms with E-state index < -0.39 is 0 Å². The van der Waals surface area contributed by atoms with Gasteiger partial charge in [0.15, 0.2) is 0 Å². The predicted octanol–water partition coefficient (Wildman–Crippen LogP) is 1.27. The molecule has 0 radical (unpaired) electrons. The molecule has 1 aromatic rings. The average Bonchev–Trinajstić information content (AvgIpc) is 2.97. The van der Waals surface area contributed by atoms with E-state index in [1.165, 1.54) is 13.4 Å². The number of ether oxygens (including phenoxy) is 1. The van der Waals surface area contributed by atoms with Gasteiger partial charge in [-0.25, -0.2) is 4.79 Å². The monoisotopic (exact) mass is 253 g/mol. The van der Waals surface area contributed by atoms with E-state index in [-0.39, 0.29) is 12.1 Å². The second-order valence-electron chi connectivity index (χ2n) is 4.77. The maximum atomic E-state index is 11.5. The van der Waals surface area contributed by atoms with Crippen LogP contribution >= 0.6 is 0 Å².